The molecule has 3 atom stereocenters. The average Bonchev–Trinajstić information content (AvgIpc) is 3.49. The zero-order valence-electron chi connectivity index (χ0n) is 23.9. The monoisotopic (exact) mass is 585 g/mol. The number of hydrogen-bond acceptors (Lipinski definition) is 7. The number of aliphatic hydroxyl groups excluding tert-OH is 1. The maximum absolute atomic E-state index is 12.8. The highest BCUT2D eigenvalue weighted by atomic mass is 16.7. The number of ether oxygens (including phenoxy) is 2. The van der Waals surface area contributed by atoms with E-state index in [0.717, 1.165) is 38.8 Å². The van der Waals surface area contributed by atoms with Crippen LogP contribution >= 0.6 is 0 Å². The predicted molar refractivity (Wildman–Crippen MR) is 165 cm³/mol. The van der Waals surface area contributed by atoms with Crippen molar-refractivity contribution >= 4 is 28.0 Å². The van der Waals surface area contributed by atoms with Crippen LogP contribution in [0.3, 0.4) is 0 Å². The Bertz CT molecular complexity index is 1910. The molecule has 6 aromatic rings. The Balaban J connectivity index is 1.06. The van der Waals surface area contributed by atoms with Gasteiger partial charge in [-0.25, -0.2) is 9.97 Å². The first-order chi connectivity index (χ1) is 21.6. The molecule has 1 aliphatic rings. The van der Waals surface area contributed by atoms with E-state index in [9.17, 15) is 9.90 Å². The second kappa shape index (κ2) is 12.3. The summed E-state index contributed by atoms with van der Waals surface area (Å²) in [6.07, 6.45) is 3.12. The second-order valence-corrected chi connectivity index (χ2v) is 10.9. The molecule has 0 saturated carbocycles. The van der Waals surface area contributed by atoms with Gasteiger partial charge in [0.25, 0.3) is 5.91 Å². The van der Waals surface area contributed by atoms with Gasteiger partial charge in [0, 0.05) is 18.5 Å². The van der Waals surface area contributed by atoms with E-state index in [1.165, 1.54) is 6.20 Å². The third-order valence-corrected chi connectivity index (χ3v) is 7.93. The van der Waals surface area contributed by atoms with E-state index in [1.807, 2.05) is 97.3 Å². The second-order valence-electron chi connectivity index (χ2n) is 10.9. The van der Waals surface area contributed by atoms with Crippen molar-refractivity contribution in [3.8, 4) is 0 Å². The molecule has 0 bridgehead atoms. The van der Waals surface area contributed by atoms with Crippen LogP contribution in [0.4, 0.5) is 0 Å². The summed E-state index contributed by atoms with van der Waals surface area (Å²) >= 11 is 0. The van der Waals surface area contributed by atoms with Gasteiger partial charge >= 0.3 is 0 Å². The van der Waals surface area contributed by atoms with Crippen LogP contribution in [0.1, 0.15) is 51.6 Å². The molecule has 1 aliphatic heterocycles. The third kappa shape index (κ3) is 5.93. The average molecular weight is 586 g/mol. The Kier molecular flexibility index (Phi) is 7.81. The minimum absolute atomic E-state index is 0.00364. The lowest BCUT2D eigenvalue weighted by Crippen LogP contribution is -2.32. The molecule has 9 nitrogen and oxygen atoms in total. The maximum atomic E-state index is 12.8. The van der Waals surface area contributed by atoms with Crippen molar-refractivity contribution in [2.45, 2.75) is 44.6 Å². The van der Waals surface area contributed by atoms with E-state index >= 15 is 0 Å². The smallest absolute Gasteiger partial charge is 0.271 e. The van der Waals surface area contributed by atoms with Crippen LogP contribution in [0.2, 0.25) is 0 Å². The number of nitrogens with zero attached hydrogens (tertiary/aromatic N) is 4. The Morgan fingerprint density at radius 1 is 0.818 bits per heavy atom. The number of imidazole rings is 1. The number of carbonyl (C=O) groups is 1. The number of benzene rings is 4. The zero-order chi connectivity index (χ0) is 29.9. The van der Waals surface area contributed by atoms with Crippen molar-refractivity contribution in [1.82, 2.24) is 24.8 Å². The first-order valence-corrected chi connectivity index (χ1v) is 14.6. The van der Waals surface area contributed by atoms with Crippen molar-refractivity contribution in [2.75, 3.05) is 0 Å². The standard InChI is InChI=1S/C35H31N5O4/c41-21-24-11-13-25(14-12-24)33-17-27(20-40-22-38-30-7-3-4-8-32(30)40)43-35(44-33)26-15-9-23(10-16-26)18-37-34(42)31-19-36-28-5-1-2-6-29(28)39-31/h1-16,19,22,27,33,35,41H,17-18,20-21H2,(H,37,42)/t27-,33+,35+/m0/s1. The topological polar surface area (TPSA) is 111 Å². The van der Waals surface area contributed by atoms with Crippen molar-refractivity contribution in [1.29, 1.82) is 0 Å². The van der Waals surface area contributed by atoms with Crippen LogP contribution in [0.15, 0.2) is 110 Å². The molecule has 3 heterocycles. The largest absolute Gasteiger partial charge is 0.392 e. The van der Waals surface area contributed by atoms with Crippen molar-refractivity contribution in [2.24, 2.45) is 0 Å². The summed E-state index contributed by atoms with van der Waals surface area (Å²) in [5.41, 5.74) is 7.42. The summed E-state index contributed by atoms with van der Waals surface area (Å²) in [7, 11) is 0. The van der Waals surface area contributed by atoms with Gasteiger partial charge in [-0.2, -0.15) is 0 Å². The number of aliphatic hydroxyl groups is 1. The fraction of sp³-hybridized carbons (Fsp3) is 0.200. The lowest BCUT2D eigenvalue weighted by atomic mass is 9.99. The van der Waals surface area contributed by atoms with Crippen LogP contribution < -0.4 is 5.32 Å². The van der Waals surface area contributed by atoms with E-state index in [2.05, 4.69) is 30.9 Å². The van der Waals surface area contributed by atoms with Gasteiger partial charge in [0.2, 0.25) is 0 Å². The number of fused-ring (bicyclic) bond motifs is 2. The molecule has 2 N–H and O–H groups in total. The van der Waals surface area contributed by atoms with Crippen LogP contribution in [-0.2, 0) is 29.2 Å². The minimum atomic E-state index is -0.581. The van der Waals surface area contributed by atoms with Gasteiger partial charge in [0.1, 0.15) is 5.69 Å². The SMILES string of the molecule is O=C(NCc1ccc([C@@H]2O[C@H](Cn3cnc4ccccc43)C[C@H](c3ccc(CO)cc3)O2)cc1)c1cnc2ccccc2n1. The molecule has 0 radical (unpaired) electrons. The lowest BCUT2D eigenvalue weighted by Gasteiger charge is -2.36. The van der Waals surface area contributed by atoms with Crippen molar-refractivity contribution < 1.29 is 19.4 Å². The number of amides is 1. The Labute approximate surface area is 254 Å². The maximum Gasteiger partial charge on any atom is 0.271 e. The number of aromatic nitrogens is 4. The molecule has 1 fully saturated rings. The number of nitrogens with one attached hydrogen (secondary N) is 1. The Morgan fingerprint density at radius 2 is 1.52 bits per heavy atom. The summed E-state index contributed by atoms with van der Waals surface area (Å²) in [5, 5.41) is 12.4. The van der Waals surface area contributed by atoms with E-state index in [1.54, 1.807) is 0 Å². The normalized spacial score (nSPS) is 18.4. The summed E-state index contributed by atoms with van der Waals surface area (Å²) in [5.74, 6) is -0.281. The molecule has 1 amide bonds. The Morgan fingerprint density at radius 3 is 2.32 bits per heavy atom. The highest BCUT2D eigenvalue weighted by Crippen LogP contribution is 2.38. The van der Waals surface area contributed by atoms with Gasteiger partial charge in [-0.15, -0.1) is 0 Å². The third-order valence-electron chi connectivity index (χ3n) is 7.93. The summed E-state index contributed by atoms with van der Waals surface area (Å²) in [4.78, 5) is 26.1. The number of hydrogen-bond donors (Lipinski definition) is 2. The molecule has 0 unspecified atom stereocenters. The molecule has 1 saturated heterocycles. The van der Waals surface area contributed by atoms with Gasteiger partial charge in [-0.05, 0) is 41.0 Å². The van der Waals surface area contributed by atoms with E-state index in [-0.39, 0.29) is 30.4 Å². The quantitative estimate of drug-likeness (QED) is 0.238. The lowest BCUT2D eigenvalue weighted by molar-refractivity contribution is -0.252. The summed E-state index contributed by atoms with van der Waals surface area (Å²) in [6.45, 7) is 0.972. The van der Waals surface area contributed by atoms with E-state index in [4.69, 9.17) is 9.47 Å². The van der Waals surface area contributed by atoms with Gasteiger partial charge in [0.05, 0.1) is 60.0 Å². The van der Waals surface area contributed by atoms with E-state index < -0.39 is 6.29 Å². The van der Waals surface area contributed by atoms with Crippen LogP contribution in [0, 0.1) is 0 Å². The predicted octanol–water partition coefficient (Wildman–Crippen LogP) is 5.65. The number of para-hydroxylation sites is 4. The molecular formula is C35H31N5O4. The highest BCUT2D eigenvalue weighted by Gasteiger charge is 2.32. The van der Waals surface area contributed by atoms with Crippen LogP contribution in [-0.4, -0.2) is 36.6 Å². The molecule has 0 spiro atoms. The Hall–Kier alpha value is -4.96. The van der Waals surface area contributed by atoms with E-state index in [0.29, 0.717) is 25.0 Å². The van der Waals surface area contributed by atoms with Crippen molar-refractivity contribution in [3.05, 3.63) is 138 Å². The summed E-state index contributed by atoms with van der Waals surface area (Å²) < 4.78 is 15.2. The fourth-order valence-corrected chi connectivity index (χ4v) is 5.54. The molecule has 0 aliphatic carbocycles. The first-order valence-electron chi connectivity index (χ1n) is 14.6. The molecule has 4 aromatic carbocycles. The molecule has 2 aromatic heterocycles. The molecule has 220 valence electrons. The zero-order valence-corrected chi connectivity index (χ0v) is 23.9. The van der Waals surface area contributed by atoms with Gasteiger partial charge in [-0.3, -0.25) is 9.78 Å². The number of rotatable bonds is 8. The van der Waals surface area contributed by atoms with Crippen LogP contribution in [0.25, 0.3) is 22.1 Å². The first kappa shape index (κ1) is 27.8. The molecule has 9 heteroatoms. The minimum Gasteiger partial charge on any atom is -0.392 e. The van der Waals surface area contributed by atoms with Gasteiger partial charge in [0.15, 0.2) is 6.29 Å². The highest BCUT2D eigenvalue weighted by molar-refractivity contribution is 5.93. The van der Waals surface area contributed by atoms with Crippen molar-refractivity contribution in [3.63, 3.8) is 0 Å². The number of carbonyl (C=O) groups excluding carboxylic acids is 1. The van der Waals surface area contributed by atoms with Gasteiger partial charge < -0.3 is 24.5 Å². The van der Waals surface area contributed by atoms with Gasteiger partial charge in [-0.1, -0.05) is 72.8 Å². The summed E-state index contributed by atoms with van der Waals surface area (Å²) in [6, 6.07) is 31.3. The fourth-order valence-electron chi connectivity index (χ4n) is 5.54. The molecule has 7 rings (SSSR count). The van der Waals surface area contributed by atoms with Crippen LogP contribution in [0.5, 0.6) is 0 Å². The molecule has 44 heavy (non-hydrogen) atoms. The molecular weight excluding hydrogens is 554 g/mol.